The van der Waals surface area contributed by atoms with E-state index in [1.807, 2.05) is 0 Å². The van der Waals surface area contributed by atoms with E-state index < -0.39 is 6.04 Å². The second kappa shape index (κ2) is 25.2. The Morgan fingerprint density at radius 1 is 0.629 bits per heavy atom. The van der Waals surface area contributed by atoms with E-state index in [0.29, 0.717) is 25.9 Å². The number of carbonyl (C=O) groups excluding carboxylic acids is 3. The Labute approximate surface area is 215 Å². The molecule has 3 amide bonds. The average molecular weight is 494 g/mol. The molecule has 0 spiro atoms. The molecule has 6 nitrogen and oxygen atoms in total. The van der Waals surface area contributed by atoms with Crippen LogP contribution < -0.4 is 16.0 Å². The number of hydrogen-bond donors (Lipinski definition) is 3. The maximum Gasteiger partial charge on any atom is 0.242 e. The molecule has 0 aromatic carbocycles. The molecule has 0 rings (SSSR count). The summed E-state index contributed by atoms with van der Waals surface area (Å²) in [5.74, 6) is -0.342. The summed E-state index contributed by atoms with van der Waals surface area (Å²) >= 11 is 0. The molecule has 0 aromatic heterocycles. The molecule has 0 unspecified atom stereocenters. The minimum atomic E-state index is -0.645. The Bertz CT molecular complexity index is 563. The summed E-state index contributed by atoms with van der Waals surface area (Å²) in [5, 5.41) is 8.65. The quantitative estimate of drug-likeness (QED) is 0.108. The third-order valence-corrected chi connectivity index (χ3v) is 6.17. The first kappa shape index (κ1) is 33.1. The van der Waals surface area contributed by atoms with Gasteiger partial charge in [-0.05, 0) is 44.9 Å². The Morgan fingerprint density at radius 2 is 1.20 bits per heavy atom. The molecule has 0 fully saturated rings. The normalized spacial score (nSPS) is 12.0. The van der Waals surface area contributed by atoms with E-state index in [2.05, 4.69) is 48.9 Å². The van der Waals surface area contributed by atoms with Crippen molar-refractivity contribution in [3.8, 4) is 0 Å². The number of unbranched alkanes of at least 4 members (excludes halogenated alkanes) is 11. The molecular weight excluding hydrogens is 438 g/mol. The smallest absolute Gasteiger partial charge is 0.242 e. The van der Waals surface area contributed by atoms with Gasteiger partial charge in [0.1, 0.15) is 6.04 Å². The third-order valence-electron chi connectivity index (χ3n) is 6.17. The topological polar surface area (TPSA) is 87.3 Å². The predicted molar refractivity (Wildman–Crippen MR) is 147 cm³/mol. The van der Waals surface area contributed by atoms with Crippen LogP contribution >= 0.6 is 0 Å². The van der Waals surface area contributed by atoms with Crippen LogP contribution in [0.25, 0.3) is 0 Å². The van der Waals surface area contributed by atoms with Gasteiger partial charge in [0.15, 0.2) is 0 Å². The molecule has 204 valence electrons. The lowest BCUT2D eigenvalue weighted by atomic mass is 10.1. The molecule has 3 N–H and O–H groups in total. The van der Waals surface area contributed by atoms with Gasteiger partial charge in [-0.15, -0.1) is 0 Å². The van der Waals surface area contributed by atoms with Gasteiger partial charge in [-0.25, -0.2) is 0 Å². The molecule has 0 aliphatic rings. The van der Waals surface area contributed by atoms with E-state index in [1.165, 1.54) is 44.9 Å². The summed E-state index contributed by atoms with van der Waals surface area (Å²) in [6, 6.07) is -0.645. The molecule has 0 saturated heterocycles. The standard InChI is InChI=1S/C29H55N3O3/c1-4-7-10-11-12-13-14-15-16-17-18-19-20-21-28(34)32-26(29(35)31-25-9-6-3)22-23-27(33)30-24-8-5-2/h7,10,26H,4-6,8-9,11-25H2,1-3H3,(H,30,33)(H,31,35)(H,32,34)/b10-7+/t26-/m0/s1. The molecule has 6 heteroatoms. The molecular formula is C29H55N3O3. The first-order chi connectivity index (χ1) is 17.0. The van der Waals surface area contributed by atoms with Gasteiger partial charge < -0.3 is 16.0 Å². The van der Waals surface area contributed by atoms with Crippen molar-refractivity contribution >= 4 is 17.7 Å². The van der Waals surface area contributed by atoms with Gasteiger partial charge in [0.25, 0.3) is 0 Å². The van der Waals surface area contributed by atoms with Crippen LogP contribution in [0.2, 0.25) is 0 Å². The van der Waals surface area contributed by atoms with Crippen LogP contribution in [0.3, 0.4) is 0 Å². The summed E-state index contributed by atoms with van der Waals surface area (Å²) in [7, 11) is 0. The van der Waals surface area contributed by atoms with E-state index in [9.17, 15) is 14.4 Å². The highest BCUT2D eigenvalue weighted by Crippen LogP contribution is 2.12. The molecule has 0 aliphatic carbocycles. The van der Waals surface area contributed by atoms with E-state index in [0.717, 1.165) is 51.4 Å². The van der Waals surface area contributed by atoms with Gasteiger partial charge in [0, 0.05) is 25.9 Å². The first-order valence-electron chi connectivity index (χ1n) is 14.5. The Morgan fingerprint density at radius 3 is 1.80 bits per heavy atom. The van der Waals surface area contributed by atoms with Crippen LogP contribution in [0, 0.1) is 0 Å². The highest BCUT2D eigenvalue weighted by Gasteiger charge is 2.21. The first-order valence-corrected chi connectivity index (χ1v) is 14.5. The van der Waals surface area contributed by atoms with E-state index >= 15 is 0 Å². The van der Waals surface area contributed by atoms with Gasteiger partial charge in [-0.3, -0.25) is 14.4 Å². The van der Waals surface area contributed by atoms with Crippen molar-refractivity contribution in [3.63, 3.8) is 0 Å². The minimum absolute atomic E-state index is 0.0626. The fraction of sp³-hybridized carbons (Fsp3) is 0.828. The van der Waals surface area contributed by atoms with Crippen LogP contribution in [0.1, 0.15) is 136 Å². The SMILES string of the molecule is CC/C=C/CCCCCCCCCCCC(=O)N[C@@H](CCC(=O)NCCCC)C(=O)NCCCC. The van der Waals surface area contributed by atoms with Crippen LogP contribution in [-0.4, -0.2) is 36.9 Å². The average Bonchev–Trinajstić information content (AvgIpc) is 2.84. The van der Waals surface area contributed by atoms with Crippen molar-refractivity contribution in [2.24, 2.45) is 0 Å². The fourth-order valence-electron chi connectivity index (χ4n) is 3.88. The lowest BCUT2D eigenvalue weighted by molar-refractivity contribution is -0.129. The Hall–Kier alpha value is -1.85. The Balaban J connectivity index is 4.07. The van der Waals surface area contributed by atoms with Crippen molar-refractivity contribution in [2.75, 3.05) is 13.1 Å². The zero-order valence-electron chi connectivity index (χ0n) is 23.1. The third kappa shape index (κ3) is 22.4. The van der Waals surface area contributed by atoms with Crippen LogP contribution in [0.15, 0.2) is 12.2 Å². The zero-order chi connectivity index (χ0) is 26.0. The number of rotatable bonds is 24. The highest BCUT2D eigenvalue weighted by atomic mass is 16.2. The summed E-state index contributed by atoms with van der Waals surface area (Å²) in [6.07, 6.45) is 22.6. The fourth-order valence-corrected chi connectivity index (χ4v) is 3.88. The van der Waals surface area contributed by atoms with Gasteiger partial charge in [-0.2, -0.15) is 0 Å². The summed E-state index contributed by atoms with van der Waals surface area (Å²) in [4.78, 5) is 37.0. The van der Waals surface area contributed by atoms with Crippen LogP contribution in [-0.2, 0) is 14.4 Å². The second-order valence-electron chi connectivity index (χ2n) is 9.61. The Kier molecular flexibility index (Phi) is 23.9. The maximum absolute atomic E-state index is 12.6. The zero-order valence-corrected chi connectivity index (χ0v) is 23.1. The molecule has 35 heavy (non-hydrogen) atoms. The number of amides is 3. The molecule has 0 aromatic rings. The molecule has 0 bridgehead atoms. The van der Waals surface area contributed by atoms with Crippen molar-refractivity contribution in [3.05, 3.63) is 12.2 Å². The van der Waals surface area contributed by atoms with Crippen molar-refractivity contribution in [2.45, 2.75) is 142 Å². The second-order valence-corrected chi connectivity index (χ2v) is 9.61. The summed E-state index contributed by atoms with van der Waals surface area (Å²) < 4.78 is 0. The summed E-state index contributed by atoms with van der Waals surface area (Å²) in [6.45, 7) is 7.57. The lowest BCUT2D eigenvalue weighted by Gasteiger charge is -2.18. The van der Waals surface area contributed by atoms with Gasteiger partial charge in [0.05, 0.1) is 0 Å². The van der Waals surface area contributed by atoms with Crippen molar-refractivity contribution < 1.29 is 14.4 Å². The predicted octanol–water partition coefficient (Wildman–Crippen LogP) is 6.34. The highest BCUT2D eigenvalue weighted by molar-refractivity contribution is 5.88. The molecule has 0 aliphatic heterocycles. The van der Waals surface area contributed by atoms with Crippen LogP contribution in [0.5, 0.6) is 0 Å². The minimum Gasteiger partial charge on any atom is -0.356 e. The lowest BCUT2D eigenvalue weighted by Crippen LogP contribution is -2.47. The molecule has 1 atom stereocenters. The maximum atomic E-state index is 12.6. The van der Waals surface area contributed by atoms with E-state index in [-0.39, 0.29) is 24.1 Å². The molecule has 0 radical (unpaired) electrons. The van der Waals surface area contributed by atoms with Gasteiger partial charge >= 0.3 is 0 Å². The molecule has 0 saturated carbocycles. The van der Waals surface area contributed by atoms with E-state index in [4.69, 9.17) is 0 Å². The van der Waals surface area contributed by atoms with Crippen LogP contribution in [0.4, 0.5) is 0 Å². The monoisotopic (exact) mass is 493 g/mol. The largest absolute Gasteiger partial charge is 0.356 e. The number of allylic oxidation sites excluding steroid dienone is 2. The van der Waals surface area contributed by atoms with Crippen molar-refractivity contribution in [1.29, 1.82) is 0 Å². The number of carbonyl (C=O) groups is 3. The van der Waals surface area contributed by atoms with Crippen molar-refractivity contribution in [1.82, 2.24) is 16.0 Å². The number of hydrogen-bond acceptors (Lipinski definition) is 3. The van der Waals surface area contributed by atoms with Gasteiger partial charge in [-0.1, -0.05) is 90.7 Å². The van der Waals surface area contributed by atoms with Gasteiger partial charge in [0.2, 0.25) is 17.7 Å². The van der Waals surface area contributed by atoms with E-state index in [1.54, 1.807) is 0 Å². The molecule has 0 heterocycles. The summed E-state index contributed by atoms with van der Waals surface area (Å²) in [5.41, 5.74) is 0. The number of nitrogens with one attached hydrogen (secondary N) is 3.